The Morgan fingerprint density at radius 3 is 2.18 bits per heavy atom. The zero-order valence-electron chi connectivity index (χ0n) is 7.05. The van der Waals surface area contributed by atoms with Crippen molar-refractivity contribution in [2.24, 2.45) is 0 Å². The minimum atomic E-state index is -0.516. The van der Waals surface area contributed by atoms with Crippen LogP contribution in [0.5, 0.6) is 0 Å². The summed E-state index contributed by atoms with van der Waals surface area (Å²) in [6.45, 7) is 2.94. The molecule has 1 radical (unpaired) electrons. The average Bonchev–Trinajstić information content (AvgIpc) is 1.85. The number of hydrogen-bond donors (Lipinski definition) is 0. The summed E-state index contributed by atoms with van der Waals surface area (Å²) in [5.41, 5.74) is 0. The van der Waals surface area contributed by atoms with Gasteiger partial charge in [-0.3, -0.25) is 4.79 Å². The molecule has 0 fully saturated rings. The Bertz CT molecular complexity index is 135. The van der Waals surface area contributed by atoms with Crippen molar-refractivity contribution in [3.8, 4) is 0 Å². The Kier molecular flexibility index (Phi) is 9.14. The Morgan fingerprint density at radius 2 is 1.82 bits per heavy atom. The van der Waals surface area contributed by atoms with Gasteiger partial charge in [-0.1, -0.05) is 0 Å². The van der Waals surface area contributed by atoms with Crippen LogP contribution in [-0.2, 0) is 19.1 Å². The molecule has 0 aromatic rings. The number of hydrogen-bond acceptors (Lipinski definition) is 4. The Balaban J connectivity index is 0. The summed E-state index contributed by atoms with van der Waals surface area (Å²) in [6, 6.07) is 0. The fraction of sp³-hybridized carbons (Fsp3) is 0.667. The second kappa shape index (κ2) is 7.64. The van der Waals surface area contributed by atoms with Crippen LogP contribution < -0.4 is 0 Å². The predicted molar refractivity (Wildman–Crippen MR) is 39.0 cm³/mol. The van der Waals surface area contributed by atoms with E-state index in [9.17, 15) is 9.59 Å². The van der Waals surface area contributed by atoms with Crippen LogP contribution in [0.1, 0.15) is 13.8 Å². The van der Waals surface area contributed by atoms with E-state index < -0.39 is 11.9 Å². The molecule has 11 heavy (non-hydrogen) atoms. The zero-order chi connectivity index (χ0) is 7.98. The van der Waals surface area contributed by atoms with E-state index >= 15 is 0 Å². The third-order valence-corrected chi connectivity index (χ3v) is 0.699. The van der Waals surface area contributed by atoms with Crippen molar-refractivity contribution in [3.05, 3.63) is 0 Å². The molecule has 0 amide bonds. The van der Waals surface area contributed by atoms with Crippen LogP contribution >= 0.6 is 0 Å². The van der Waals surface area contributed by atoms with Crippen molar-refractivity contribution in [1.29, 1.82) is 0 Å². The quantitative estimate of drug-likeness (QED) is 0.413. The van der Waals surface area contributed by atoms with Gasteiger partial charge in [0.15, 0.2) is 6.61 Å². The molecule has 0 spiro atoms. The second-order valence-corrected chi connectivity index (χ2v) is 1.59. The Labute approximate surface area is 77.4 Å². The maximum absolute atomic E-state index is 10.4. The molecule has 0 bridgehead atoms. The monoisotopic (exact) mass is 153 g/mol. The van der Waals surface area contributed by atoms with Gasteiger partial charge in [0, 0.05) is 25.8 Å². The Hall–Kier alpha value is -0.463. The molecular formula is C6H10LiO4. The SMILES string of the molecule is CCOC(=O)COC(C)=O.[Li]. The van der Waals surface area contributed by atoms with Gasteiger partial charge < -0.3 is 9.47 Å². The van der Waals surface area contributed by atoms with Gasteiger partial charge in [-0.25, -0.2) is 4.79 Å². The molecule has 0 unspecified atom stereocenters. The molecule has 59 valence electrons. The first-order chi connectivity index (χ1) is 4.66. The second-order valence-electron chi connectivity index (χ2n) is 1.59. The van der Waals surface area contributed by atoms with Crippen LogP contribution in [0.2, 0.25) is 0 Å². The van der Waals surface area contributed by atoms with Crippen molar-refractivity contribution >= 4 is 30.8 Å². The zero-order valence-corrected chi connectivity index (χ0v) is 7.05. The summed E-state index contributed by atoms with van der Waals surface area (Å²) in [5, 5.41) is 0. The molecule has 4 nitrogen and oxygen atoms in total. The van der Waals surface area contributed by atoms with Gasteiger partial charge in [0.25, 0.3) is 0 Å². The van der Waals surface area contributed by atoms with E-state index in [4.69, 9.17) is 0 Å². The molecule has 0 heterocycles. The maximum atomic E-state index is 10.4. The van der Waals surface area contributed by atoms with Crippen LogP contribution in [0.4, 0.5) is 0 Å². The van der Waals surface area contributed by atoms with E-state index in [2.05, 4.69) is 9.47 Å². The van der Waals surface area contributed by atoms with Crippen LogP contribution in [0, 0.1) is 0 Å². The third-order valence-electron chi connectivity index (χ3n) is 0.699. The van der Waals surface area contributed by atoms with E-state index in [-0.39, 0.29) is 25.5 Å². The number of ether oxygens (including phenoxy) is 2. The topological polar surface area (TPSA) is 52.6 Å². The minimum absolute atomic E-state index is 0. The summed E-state index contributed by atoms with van der Waals surface area (Å²) in [5.74, 6) is -0.995. The van der Waals surface area contributed by atoms with Gasteiger partial charge in [-0.15, -0.1) is 0 Å². The van der Waals surface area contributed by atoms with Crippen molar-refractivity contribution in [2.75, 3.05) is 13.2 Å². The van der Waals surface area contributed by atoms with Crippen LogP contribution in [-0.4, -0.2) is 44.0 Å². The molecule has 0 aliphatic carbocycles. The summed E-state index contributed by atoms with van der Waals surface area (Å²) in [6.07, 6.45) is 0. The van der Waals surface area contributed by atoms with E-state index in [0.717, 1.165) is 0 Å². The third kappa shape index (κ3) is 9.54. The fourth-order valence-corrected chi connectivity index (χ4v) is 0.363. The summed E-state index contributed by atoms with van der Waals surface area (Å²) < 4.78 is 8.82. The molecule has 0 saturated heterocycles. The first kappa shape index (κ1) is 13.2. The molecule has 0 aliphatic heterocycles. The van der Waals surface area contributed by atoms with Crippen LogP contribution in [0.3, 0.4) is 0 Å². The molecule has 0 rings (SSSR count). The van der Waals surface area contributed by atoms with Crippen LogP contribution in [0.15, 0.2) is 0 Å². The van der Waals surface area contributed by atoms with Crippen molar-refractivity contribution < 1.29 is 19.1 Å². The van der Waals surface area contributed by atoms with Crippen LogP contribution in [0.25, 0.3) is 0 Å². The van der Waals surface area contributed by atoms with Crippen molar-refractivity contribution in [1.82, 2.24) is 0 Å². The maximum Gasteiger partial charge on any atom is 0.344 e. The van der Waals surface area contributed by atoms with E-state index in [1.54, 1.807) is 6.92 Å². The molecule has 0 atom stereocenters. The van der Waals surface area contributed by atoms with Gasteiger partial charge in [-0.05, 0) is 6.92 Å². The standard InChI is InChI=1S/C6H10O4.Li/c1-3-9-6(8)4-10-5(2)7;/h3-4H2,1-2H3;. The van der Waals surface area contributed by atoms with Gasteiger partial charge in [0.1, 0.15) is 0 Å². The number of carbonyl (C=O) groups is 2. The number of rotatable bonds is 3. The summed E-state index contributed by atoms with van der Waals surface area (Å²) in [4.78, 5) is 20.6. The normalized spacial score (nSPS) is 7.82. The summed E-state index contributed by atoms with van der Waals surface area (Å²) in [7, 11) is 0. The molecule has 0 aromatic heterocycles. The van der Waals surface area contributed by atoms with E-state index in [1.165, 1.54) is 6.92 Å². The van der Waals surface area contributed by atoms with E-state index in [1.807, 2.05) is 0 Å². The molecule has 0 aromatic carbocycles. The minimum Gasteiger partial charge on any atom is -0.463 e. The summed E-state index contributed by atoms with van der Waals surface area (Å²) >= 11 is 0. The largest absolute Gasteiger partial charge is 0.463 e. The molecule has 5 heteroatoms. The van der Waals surface area contributed by atoms with Gasteiger partial charge in [0.2, 0.25) is 0 Å². The molecule has 0 N–H and O–H groups in total. The molecule has 0 saturated carbocycles. The van der Waals surface area contributed by atoms with Gasteiger partial charge in [-0.2, -0.15) is 0 Å². The van der Waals surface area contributed by atoms with Crippen molar-refractivity contribution in [3.63, 3.8) is 0 Å². The van der Waals surface area contributed by atoms with Gasteiger partial charge in [0.05, 0.1) is 6.61 Å². The number of carbonyl (C=O) groups excluding carboxylic acids is 2. The van der Waals surface area contributed by atoms with E-state index in [0.29, 0.717) is 6.61 Å². The smallest absolute Gasteiger partial charge is 0.344 e. The molecule has 0 aliphatic rings. The number of esters is 2. The average molecular weight is 153 g/mol. The molecular weight excluding hydrogens is 143 g/mol. The first-order valence-electron chi connectivity index (χ1n) is 2.95. The Morgan fingerprint density at radius 1 is 1.27 bits per heavy atom. The first-order valence-corrected chi connectivity index (χ1v) is 2.95. The van der Waals surface area contributed by atoms with Crippen molar-refractivity contribution in [2.45, 2.75) is 13.8 Å². The fourth-order valence-electron chi connectivity index (χ4n) is 0.363. The predicted octanol–water partition coefficient (Wildman–Crippen LogP) is -0.268. The van der Waals surface area contributed by atoms with Gasteiger partial charge >= 0.3 is 11.9 Å².